The molecule has 1 rings (SSSR count). The number of nitrogens with zero attached hydrogens (tertiary/aromatic N) is 1. The van der Waals surface area contributed by atoms with Gasteiger partial charge in [0.05, 0.1) is 11.3 Å². The minimum atomic E-state index is 0.271. The van der Waals surface area contributed by atoms with Gasteiger partial charge in [-0.05, 0) is 30.9 Å². The maximum absolute atomic E-state index is 9.13. The third kappa shape index (κ3) is 3.92. The lowest BCUT2D eigenvalue weighted by atomic mass is 9.97. The van der Waals surface area contributed by atoms with Crippen LogP contribution in [0.5, 0.6) is 0 Å². The summed E-state index contributed by atoms with van der Waals surface area (Å²) in [6, 6.07) is 2.50. The second kappa shape index (κ2) is 7.17. The zero-order valence-electron chi connectivity index (χ0n) is 9.17. The van der Waals surface area contributed by atoms with E-state index in [2.05, 4.69) is 13.0 Å². The molecular weight excluding hydrogens is 190 g/mol. The normalized spacial score (nSPS) is 21.1. The average Bonchev–Trinajstić information content (AvgIpc) is 2.48. The first kappa shape index (κ1) is 11.9. The molecule has 2 heteroatoms. The summed E-state index contributed by atoms with van der Waals surface area (Å²) in [5.74, 6) is 1.83. The lowest BCUT2D eigenvalue weighted by Gasteiger charge is -2.19. The van der Waals surface area contributed by atoms with Crippen LogP contribution in [0.15, 0.2) is 0 Å². The molecule has 1 unspecified atom stereocenters. The zero-order valence-corrected chi connectivity index (χ0v) is 9.98. The van der Waals surface area contributed by atoms with Crippen LogP contribution >= 0.6 is 11.8 Å². The first-order valence-electron chi connectivity index (χ1n) is 5.89. The first-order chi connectivity index (χ1) is 6.88. The fourth-order valence-corrected chi connectivity index (χ4v) is 3.25. The first-order valence-corrected chi connectivity index (χ1v) is 6.94. The van der Waals surface area contributed by atoms with Crippen LogP contribution in [0.25, 0.3) is 0 Å². The Bertz CT molecular complexity index is 177. The van der Waals surface area contributed by atoms with Gasteiger partial charge in [0.15, 0.2) is 0 Å². The Morgan fingerprint density at radius 3 is 2.43 bits per heavy atom. The van der Waals surface area contributed by atoms with Gasteiger partial charge in [-0.3, -0.25) is 0 Å². The molecule has 0 aromatic carbocycles. The van der Waals surface area contributed by atoms with Gasteiger partial charge in [-0.2, -0.15) is 5.26 Å². The van der Waals surface area contributed by atoms with Crippen molar-refractivity contribution in [2.75, 3.05) is 5.75 Å². The molecule has 1 nitrogen and oxygen atoms in total. The molecule has 0 amide bonds. The van der Waals surface area contributed by atoms with Crippen molar-refractivity contribution in [2.45, 2.75) is 57.1 Å². The third-order valence-corrected chi connectivity index (χ3v) is 4.45. The van der Waals surface area contributed by atoms with Gasteiger partial charge in [0.2, 0.25) is 0 Å². The van der Waals surface area contributed by atoms with E-state index in [0.717, 1.165) is 5.75 Å². The molecular formula is C12H21NS. The summed E-state index contributed by atoms with van der Waals surface area (Å²) >= 11 is 1.88. The maximum atomic E-state index is 9.13. The van der Waals surface area contributed by atoms with Crippen LogP contribution in [0.4, 0.5) is 0 Å². The van der Waals surface area contributed by atoms with Crippen molar-refractivity contribution in [3.63, 3.8) is 0 Å². The van der Waals surface area contributed by atoms with E-state index in [1.54, 1.807) is 0 Å². The van der Waals surface area contributed by atoms with Gasteiger partial charge >= 0.3 is 0 Å². The molecule has 1 atom stereocenters. The van der Waals surface area contributed by atoms with Crippen LogP contribution in [-0.2, 0) is 0 Å². The van der Waals surface area contributed by atoms with E-state index < -0.39 is 0 Å². The van der Waals surface area contributed by atoms with Gasteiger partial charge in [-0.15, -0.1) is 11.8 Å². The van der Waals surface area contributed by atoms with E-state index in [0.29, 0.717) is 5.92 Å². The van der Waals surface area contributed by atoms with E-state index in [-0.39, 0.29) is 5.25 Å². The fourth-order valence-electron chi connectivity index (χ4n) is 2.14. The third-order valence-electron chi connectivity index (χ3n) is 2.96. The van der Waals surface area contributed by atoms with Gasteiger partial charge in [0.25, 0.3) is 0 Å². The smallest absolute Gasteiger partial charge is 0.0944 e. The summed E-state index contributed by atoms with van der Waals surface area (Å²) in [5, 5.41) is 9.40. The molecule has 1 saturated carbocycles. The van der Waals surface area contributed by atoms with E-state index in [9.17, 15) is 0 Å². The van der Waals surface area contributed by atoms with Crippen LogP contribution in [0.3, 0.4) is 0 Å². The molecule has 0 saturated heterocycles. The SMILES string of the molecule is CCCSC(C#N)C1CCCCCC1. The van der Waals surface area contributed by atoms with Crippen molar-refractivity contribution in [1.29, 1.82) is 5.26 Å². The molecule has 1 aliphatic rings. The van der Waals surface area contributed by atoms with Gasteiger partial charge in [0, 0.05) is 0 Å². The van der Waals surface area contributed by atoms with E-state index in [4.69, 9.17) is 5.26 Å². The number of thioether (sulfide) groups is 1. The average molecular weight is 211 g/mol. The highest BCUT2D eigenvalue weighted by molar-refractivity contribution is 8.00. The lowest BCUT2D eigenvalue weighted by molar-refractivity contribution is 0.479. The Morgan fingerprint density at radius 1 is 1.29 bits per heavy atom. The Morgan fingerprint density at radius 2 is 1.93 bits per heavy atom. The van der Waals surface area contributed by atoms with Gasteiger partial charge in [-0.25, -0.2) is 0 Å². The van der Waals surface area contributed by atoms with E-state index >= 15 is 0 Å². The molecule has 0 spiro atoms. The highest BCUT2D eigenvalue weighted by atomic mass is 32.2. The minimum Gasteiger partial charge on any atom is -0.197 e. The molecule has 1 fully saturated rings. The highest BCUT2D eigenvalue weighted by Gasteiger charge is 2.22. The Hall–Kier alpha value is -0.160. The molecule has 0 bridgehead atoms. The molecule has 0 radical (unpaired) electrons. The van der Waals surface area contributed by atoms with Crippen LogP contribution in [-0.4, -0.2) is 11.0 Å². The van der Waals surface area contributed by atoms with Gasteiger partial charge in [-0.1, -0.05) is 32.6 Å². The van der Waals surface area contributed by atoms with Crippen molar-refractivity contribution >= 4 is 11.8 Å². The topological polar surface area (TPSA) is 23.8 Å². The molecule has 0 aromatic heterocycles. The Balaban J connectivity index is 2.37. The van der Waals surface area contributed by atoms with Crippen LogP contribution in [0.1, 0.15) is 51.9 Å². The number of rotatable bonds is 4. The monoisotopic (exact) mass is 211 g/mol. The molecule has 0 aliphatic heterocycles. The van der Waals surface area contributed by atoms with Crippen molar-refractivity contribution in [3.8, 4) is 6.07 Å². The summed E-state index contributed by atoms with van der Waals surface area (Å²) in [6.45, 7) is 2.19. The second-order valence-corrected chi connectivity index (χ2v) is 5.42. The van der Waals surface area contributed by atoms with Crippen molar-refractivity contribution in [2.24, 2.45) is 5.92 Å². The predicted octanol–water partition coefficient (Wildman–Crippen LogP) is 3.99. The molecule has 0 N–H and O–H groups in total. The van der Waals surface area contributed by atoms with Gasteiger partial charge in [0.1, 0.15) is 0 Å². The standard InChI is InChI=1S/C12H21NS/c1-2-9-14-12(10-13)11-7-5-3-4-6-8-11/h11-12H,2-9H2,1H3. The summed E-state index contributed by atoms with van der Waals surface area (Å²) in [5.41, 5.74) is 0. The molecule has 0 aromatic rings. The quantitative estimate of drug-likeness (QED) is 0.656. The Labute approximate surface area is 92.3 Å². The number of nitriles is 1. The van der Waals surface area contributed by atoms with E-state index in [1.807, 2.05) is 11.8 Å². The molecule has 1 aliphatic carbocycles. The number of hydrogen-bond acceptors (Lipinski definition) is 2. The maximum Gasteiger partial charge on any atom is 0.0944 e. The minimum absolute atomic E-state index is 0.271. The largest absolute Gasteiger partial charge is 0.197 e. The second-order valence-electron chi connectivity index (χ2n) is 4.17. The summed E-state index contributed by atoms with van der Waals surface area (Å²) in [4.78, 5) is 0. The van der Waals surface area contributed by atoms with Crippen LogP contribution in [0.2, 0.25) is 0 Å². The van der Waals surface area contributed by atoms with Crippen molar-refractivity contribution < 1.29 is 0 Å². The lowest BCUT2D eigenvalue weighted by Crippen LogP contribution is -2.15. The fraction of sp³-hybridized carbons (Fsp3) is 0.917. The van der Waals surface area contributed by atoms with E-state index in [1.165, 1.54) is 44.9 Å². The van der Waals surface area contributed by atoms with Gasteiger partial charge < -0.3 is 0 Å². The summed E-state index contributed by atoms with van der Waals surface area (Å²) in [6.07, 6.45) is 9.21. The van der Waals surface area contributed by atoms with Crippen molar-refractivity contribution in [3.05, 3.63) is 0 Å². The van der Waals surface area contributed by atoms with Crippen molar-refractivity contribution in [1.82, 2.24) is 0 Å². The molecule has 80 valence electrons. The summed E-state index contributed by atoms with van der Waals surface area (Å²) in [7, 11) is 0. The molecule has 0 heterocycles. The van der Waals surface area contributed by atoms with Crippen LogP contribution in [0, 0.1) is 17.2 Å². The summed E-state index contributed by atoms with van der Waals surface area (Å²) < 4.78 is 0. The highest BCUT2D eigenvalue weighted by Crippen LogP contribution is 2.31. The zero-order chi connectivity index (χ0) is 10.2. The molecule has 14 heavy (non-hydrogen) atoms. The van der Waals surface area contributed by atoms with Crippen LogP contribution < -0.4 is 0 Å². The number of hydrogen-bond donors (Lipinski definition) is 0. The Kier molecular flexibility index (Phi) is 6.10. The predicted molar refractivity (Wildman–Crippen MR) is 63.3 cm³/mol.